The van der Waals surface area contributed by atoms with Crippen LogP contribution in [-0.4, -0.2) is 33.8 Å². The summed E-state index contributed by atoms with van der Waals surface area (Å²) in [5, 5.41) is 14.8. The van der Waals surface area contributed by atoms with Crippen molar-refractivity contribution < 1.29 is 0 Å². The number of aryl methyl sites for hydroxylation is 1. The van der Waals surface area contributed by atoms with E-state index in [2.05, 4.69) is 77.4 Å². The van der Waals surface area contributed by atoms with E-state index in [-0.39, 0.29) is 5.41 Å². The molecule has 2 aromatic rings. The number of rotatable bonds is 7. The molecule has 0 aliphatic carbocycles. The Balaban J connectivity index is 1.92. The lowest BCUT2D eigenvalue weighted by Crippen LogP contribution is -2.38. The summed E-state index contributed by atoms with van der Waals surface area (Å²) >= 11 is 0. The third-order valence-electron chi connectivity index (χ3n) is 4.50. The van der Waals surface area contributed by atoms with Crippen LogP contribution < -0.4 is 10.6 Å². The molecule has 0 radical (unpaired) electrons. The smallest absolute Gasteiger partial charge is 0.191 e. The highest BCUT2D eigenvalue weighted by Crippen LogP contribution is 2.22. The quantitative estimate of drug-likeness (QED) is 0.448. The van der Waals surface area contributed by atoms with Crippen molar-refractivity contribution in [3.8, 4) is 0 Å². The Kier molecular flexibility index (Phi) is 7.16. The Hall–Kier alpha value is -2.63. The first-order valence-corrected chi connectivity index (χ1v) is 9.38. The lowest BCUT2D eigenvalue weighted by atomic mass is 9.86. The first-order valence-electron chi connectivity index (χ1n) is 9.38. The highest BCUT2D eigenvalue weighted by molar-refractivity contribution is 5.79. The van der Waals surface area contributed by atoms with Gasteiger partial charge in [0.2, 0.25) is 0 Å². The number of benzene rings is 1. The van der Waals surface area contributed by atoms with Crippen LogP contribution in [0.2, 0.25) is 0 Å². The zero-order chi connectivity index (χ0) is 19.9. The molecule has 2 rings (SSSR count). The predicted molar refractivity (Wildman–Crippen MR) is 112 cm³/mol. The second kappa shape index (κ2) is 9.35. The van der Waals surface area contributed by atoms with Gasteiger partial charge in [-0.15, -0.1) is 16.8 Å². The van der Waals surface area contributed by atoms with Crippen LogP contribution in [0.1, 0.15) is 43.5 Å². The van der Waals surface area contributed by atoms with Crippen LogP contribution in [0.3, 0.4) is 0 Å². The van der Waals surface area contributed by atoms with E-state index in [0.29, 0.717) is 13.1 Å². The molecular formula is C21H32N6. The van der Waals surface area contributed by atoms with Crippen molar-refractivity contribution in [1.82, 2.24) is 25.4 Å². The fourth-order valence-electron chi connectivity index (χ4n) is 2.58. The number of nitrogens with one attached hydrogen (secondary N) is 2. The van der Waals surface area contributed by atoms with Gasteiger partial charge in [0.05, 0.1) is 0 Å². The number of guanidine groups is 1. The first-order chi connectivity index (χ1) is 12.8. The number of hydrogen-bond donors (Lipinski definition) is 2. The standard InChI is InChI=1S/C21H32N6/c1-7-13-22-20(24-15-19-26-25-16(2)27(19)6)23-14-12-17-8-10-18(11-9-17)21(3,4)5/h7-11H,1,12-15H2,2-6H3,(H2,22,23,24). The van der Waals surface area contributed by atoms with Crippen molar-refractivity contribution in [2.75, 3.05) is 13.1 Å². The summed E-state index contributed by atoms with van der Waals surface area (Å²) in [6, 6.07) is 8.85. The van der Waals surface area contributed by atoms with Gasteiger partial charge in [0.25, 0.3) is 0 Å². The van der Waals surface area contributed by atoms with E-state index in [1.54, 1.807) is 0 Å². The van der Waals surface area contributed by atoms with Crippen LogP contribution in [0.15, 0.2) is 41.9 Å². The third-order valence-corrected chi connectivity index (χ3v) is 4.50. The number of hydrogen-bond acceptors (Lipinski definition) is 3. The lowest BCUT2D eigenvalue weighted by molar-refractivity contribution is 0.590. The van der Waals surface area contributed by atoms with Gasteiger partial charge in [0, 0.05) is 20.1 Å². The Labute approximate surface area is 162 Å². The predicted octanol–water partition coefficient (Wildman–Crippen LogP) is 2.88. The average molecular weight is 369 g/mol. The van der Waals surface area contributed by atoms with Gasteiger partial charge in [-0.05, 0) is 29.9 Å². The number of aliphatic imine (C=N–C) groups is 1. The molecular weight excluding hydrogens is 336 g/mol. The molecule has 6 nitrogen and oxygen atoms in total. The molecule has 0 unspecified atom stereocenters. The maximum Gasteiger partial charge on any atom is 0.191 e. The van der Waals surface area contributed by atoms with E-state index in [1.165, 1.54) is 11.1 Å². The van der Waals surface area contributed by atoms with Gasteiger partial charge >= 0.3 is 0 Å². The molecule has 0 saturated heterocycles. The van der Waals surface area contributed by atoms with Crippen molar-refractivity contribution in [3.63, 3.8) is 0 Å². The van der Waals surface area contributed by atoms with Gasteiger partial charge < -0.3 is 15.2 Å². The second-order valence-corrected chi connectivity index (χ2v) is 7.68. The van der Waals surface area contributed by atoms with Gasteiger partial charge in [0.15, 0.2) is 11.8 Å². The van der Waals surface area contributed by atoms with E-state index in [1.807, 2.05) is 24.6 Å². The van der Waals surface area contributed by atoms with Gasteiger partial charge in [-0.2, -0.15) is 0 Å². The molecule has 0 aliphatic rings. The molecule has 6 heteroatoms. The molecule has 0 amide bonds. The van der Waals surface area contributed by atoms with Crippen LogP contribution >= 0.6 is 0 Å². The summed E-state index contributed by atoms with van der Waals surface area (Å²) in [6.07, 6.45) is 2.75. The van der Waals surface area contributed by atoms with E-state index < -0.39 is 0 Å². The minimum atomic E-state index is 0.184. The Morgan fingerprint density at radius 3 is 2.44 bits per heavy atom. The molecule has 0 aliphatic heterocycles. The van der Waals surface area contributed by atoms with Crippen molar-refractivity contribution in [2.45, 2.75) is 46.1 Å². The normalized spacial score (nSPS) is 12.1. The summed E-state index contributed by atoms with van der Waals surface area (Å²) < 4.78 is 1.95. The van der Waals surface area contributed by atoms with Gasteiger partial charge in [-0.1, -0.05) is 51.1 Å². The van der Waals surface area contributed by atoms with E-state index in [0.717, 1.165) is 30.6 Å². The summed E-state index contributed by atoms with van der Waals surface area (Å²) in [6.45, 7) is 14.3. The second-order valence-electron chi connectivity index (χ2n) is 7.68. The van der Waals surface area contributed by atoms with E-state index >= 15 is 0 Å². The summed E-state index contributed by atoms with van der Waals surface area (Å²) in [5.74, 6) is 2.47. The topological polar surface area (TPSA) is 67.1 Å². The summed E-state index contributed by atoms with van der Waals surface area (Å²) in [7, 11) is 1.95. The van der Waals surface area contributed by atoms with Crippen molar-refractivity contribution in [1.29, 1.82) is 0 Å². The maximum atomic E-state index is 4.61. The van der Waals surface area contributed by atoms with Crippen LogP contribution in [0.4, 0.5) is 0 Å². The largest absolute Gasteiger partial charge is 0.356 e. The Bertz CT molecular complexity index is 765. The van der Waals surface area contributed by atoms with Crippen LogP contribution in [-0.2, 0) is 25.4 Å². The molecule has 0 atom stereocenters. The molecule has 0 spiro atoms. The van der Waals surface area contributed by atoms with E-state index in [4.69, 9.17) is 0 Å². The molecule has 0 fully saturated rings. The summed E-state index contributed by atoms with van der Waals surface area (Å²) in [5.41, 5.74) is 2.85. The number of aromatic nitrogens is 3. The number of nitrogens with zero attached hydrogens (tertiary/aromatic N) is 4. The molecule has 1 heterocycles. The maximum absolute atomic E-state index is 4.61. The van der Waals surface area contributed by atoms with Gasteiger partial charge in [-0.25, -0.2) is 4.99 Å². The van der Waals surface area contributed by atoms with Crippen LogP contribution in [0.25, 0.3) is 0 Å². The van der Waals surface area contributed by atoms with Crippen molar-refractivity contribution in [2.24, 2.45) is 12.0 Å². The third kappa shape index (κ3) is 6.24. The molecule has 2 N–H and O–H groups in total. The highest BCUT2D eigenvalue weighted by atomic mass is 15.3. The minimum Gasteiger partial charge on any atom is -0.356 e. The Morgan fingerprint density at radius 1 is 1.19 bits per heavy atom. The highest BCUT2D eigenvalue weighted by Gasteiger charge is 2.12. The lowest BCUT2D eigenvalue weighted by Gasteiger charge is -2.19. The SMILES string of the molecule is C=CCNC(=NCc1nnc(C)n1C)NCCc1ccc(C(C)(C)C)cc1. The summed E-state index contributed by atoms with van der Waals surface area (Å²) in [4.78, 5) is 4.61. The average Bonchev–Trinajstić information content (AvgIpc) is 2.95. The fraction of sp³-hybridized carbons (Fsp3) is 0.476. The molecule has 1 aromatic heterocycles. The molecule has 27 heavy (non-hydrogen) atoms. The monoisotopic (exact) mass is 368 g/mol. The van der Waals surface area contributed by atoms with Gasteiger partial charge in [0.1, 0.15) is 12.4 Å². The van der Waals surface area contributed by atoms with Crippen LogP contribution in [0, 0.1) is 6.92 Å². The molecule has 0 saturated carbocycles. The fourth-order valence-corrected chi connectivity index (χ4v) is 2.58. The Morgan fingerprint density at radius 2 is 1.89 bits per heavy atom. The van der Waals surface area contributed by atoms with Crippen molar-refractivity contribution in [3.05, 3.63) is 59.7 Å². The molecule has 0 bridgehead atoms. The minimum absolute atomic E-state index is 0.184. The van der Waals surface area contributed by atoms with Gasteiger partial charge in [-0.3, -0.25) is 0 Å². The van der Waals surface area contributed by atoms with Crippen LogP contribution in [0.5, 0.6) is 0 Å². The zero-order valence-corrected chi connectivity index (χ0v) is 17.2. The van der Waals surface area contributed by atoms with E-state index in [9.17, 15) is 0 Å². The first kappa shape index (κ1) is 20.7. The zero-order valence-electron chi connectivity index (χ0n) is 17.2. The van der Waals surface area contributed by atoms with Crippen molar-refractivity contribution >= 4 is 5.96 Å². The molecule has 1 aromatic carbocycles. The molecule has 146 valence electrons.